The van der Waals surface area contributed by atoms with Crippen LogP contribution in [0.3, 0.4) is 0 Å². The normalized spacial score (nSPS) is 11.8. The number of ketones is 1. The van der Waals surface area contributed by atoms with Crippen molar-refractivity contribution in [2.24, 2.45) is 0 Å². The first-order valence-corrected chi connectivity index (χ1v) is 12.3. The SMILES string of the molecule is Cc1sc2ncnc(SCC(=O)c3ccc(CCNS(C)(=O)=O)cc3)c2c1C. The predicted octanol–water partition coefficient (Wildman–Crippen LogP) is 3.37. The van der Waals surface area contributed by atoms with Gasteiger partial charge in [0.05, 0.1) is 12.0 Å². The van der Waals surface area contributed by atoms with Crippen LogP contribution in [0, 0.1) is 13.8 Å². The summed E-state index contributed by atoms with van der Waals surface area (Å²) in [5.41, 5.74) is 2.78. The summed E-state index contributed by atoms with van der Waals surface area (Å²) in [4.78, 5) is 23.4. The summed E-state index contributed by atoms with van der Waals surface area (Å²) in [5.74, 6) is 0.331. The maximum absolute atomic E-state index is 12.5. The first-order valence-electron chi connectivity index (χ1n) is 8.65. The maximum atomic E-state index is 12.5. The van der Waals surface area contributed by atoms with Crippen molar-refractivity contribution in [1.29, 1.82) is 0 Å². The number of fused-ring (bicyclic) bond motifs is 1. The van der Waals surface area contributed by atoms with Crippen LogP contribution in [-0.2, 0) is 16.4 Å². The van der Waals surface area contributed by atoms with E-state index >= 15 is 0 Å². The molecule has 0 bridgehead atoms. The highest BCUT2D eigenvalue weighted by Crippen LogP contribution is 2.34. The lowest BCUT2D eigenvalue weighted by Gasteiger charge is -2.06. The van der Waals surface area contributed by atoms with E-state index in [1.165, 1.54) is 22.2 Å². The topological polar surface area (TPSA) is 89.0 Å². The second-order valence-corrected chi connectivity index (χ2v) is 10.5. The molecule has 0 fully saturated rings. The number of thioether (sulfide) groups is 1. The Kier molecular flexibility index (Phi) is 6.49. The number of benzene rings is 1. The minimum Gasteiger partial charge on any atom is -0.293 e. The van der Waals surface area contributed by atoms with Gasteiger partial charge in [0.1, 0.15) is 16.2 Å². The number of hydrogen-bond acceptors (Lipinski definition) is 7. The lowest BCUT2D eigenvalue weighted by atomic mass is 10.1. The zero-order valence-corrected chi connectivity index (χ0v) is 18.3. The van der Waals surface area contributed by atoms with Gasteiger partial charge in [-0.15, -0.1) is 11.3 Å². The molecular formula is C19H21N3O3S3. The number of carbonyl (C=O) groups excluding carboxylic acids is 1. The fourth-order valence-corrected chi connectivity index (χ4v) is 5.20. The van der Waals surface area contributed by atoms with Gasteiger partial charge in [-0.1, -0.05) is 36.0 Å². The number of thiophene rings is 1. The Hall–Kier alpha value is -1.81. The van der Waals surface area contributed by atoms with Crippen molar-refractivity contribution in [3.8, 4) is 0 Å². The molecule has 148 valence electrons. The lowest BCUT2D eigenvalue weighted by molar-refractivity contribution is 0.102. The van der Waals surface area contributed by atoms with Gasteiger partial charge in [0.2, 0.25) is 10.0 Å². The highest BCUT2D eigenvalue weighted by Gasteiger charge is 2.14. The summed E-state index contributed by atoms with van der Waals surface area (Å²) in [7, 11) is -3.18. The Morgan fingerprint density at radius 1 is 1.18 bits per heavy atom. The standard InChI is InChI=1S/C19H21N3O3S3/c1-12-13(2)27-19-17(12)18(20-11-21-19)26-10-16(23)15-6-4-14(5-7-15)8-9-22-28(3,24)25/h4-7,11,22H,8-10H2,1-3H3. The van der Waals surface area contributed by atoms with Crippen molar-refractivity contribution in [3.63, 3.8) is 0 Å². The number of rotatable bonds is 8. The molecule has 0 saturated heterocycles. The van der Waals surface area contributed by atoms with Crippen molar-refractivity contribution >= 4 is 49.1 Å². The molecule has 0 spiro atoms. The van der Waals surface area contributed by atoms with Crippen LogP contribution in [0.4, 0.5) is 0 Å². The third-order valence-electron chi connectivity index (χ3n) is 4.32. The molecule has 2 aromatic heterocycles. The van der Waals surface area contributed by atoms with E-state index in [1.807, 2.05) is 12.1 Å². The van der Waals surface area contributed by atoms with E-state index in [-0.39, 0.29) is 5.78 Å². The van der Waals surface area contributed by atoms with Gasteiger partial charge in [0.25, 0.3) is 0 Å². The minimum atomic E-state index is -3.18. The average molecular weight is 436 g/mol. The van der Waals surface area contributed by atoms with Gasteiger partial charge >= 0.3 is 0 Å². The van der Waals surface area contributed by atoms with E-state index in [0.29, 0.717) is 24.3 Å². The third kappa shape index (κ3) is 5.16. The fraction of sp³-hybridized carbons (Fsp3) is 0.316. The molecule has 2 heterocycles. The molecule has 0 amide bonds. The van der Waals surface area contributed by atoms with Crippen molar-refractivity contribution in [2.75, 3.05) is 18.6 Å². The maximum Gasteiger partial charge on any atom is 0.208 e. The van der Waals surface area contributed by atoms with Crippen LogP contribution < -0.4 is 4.72 Å². The van der Waals surface area contributed by atoms with Crippen molar-refractivity contribution in [1.82, 2.24) is 14.7 Å². The Balaban J connectivity index is 1.63. The molecule has 3 aromatic rings. The van der Waals surface area contributed by atoms with Crippen LogP contribution in [0.1, 0.15) is 26.4 Å². The van der Waals surface area contributed by atoms with E-state index in [0.717, 1.165) is 27.1 Å². The van der Waals surface area contributed by atoms with Gasteiger partial charge in [0.15, 0.2) is 5.78 Å². The second kappa shape index (κ2) is 8.69. The van der Waals surface area contributed by atoms with Gasteiger partial charge < -0.3 is 0 Å². The number of nitrogens with one attached hydrogen (secondary N) is 1. The second-order valence-electron chi connectivity index (χ2n) is 6.47. The summed E-state index contributed by atoms with van der Waals surface area (Å²) in [5, 5.41) is 1.88. The summed E-state index contributed by atoms with van der Waals surface area (Å²) in [6, 6.07) is 7.29. The fourth-order valence-electron chi connectivity index (χ4n) is 2.71. The number of hydrogen-bond donors (Lipinski definition) is 1. The summed E-state index contributed by atoms with van der Waals surface area (Å²) in [6.07, 6.45) is 3.26. The van der Waals surface area contributed by atoms with Gasteiger partial charge in [-0.3, -0.25) is 4.79 Å². The predicted molar refractivity (Wildman–Crippen MR) is 115 cm³/mol. The van der Waals surface area contributed by atoms with Gasteiger partial charge in [-0.2, -0.15) is 0 Å². The number of nitrogens with zero attached hydrogens (tertiary/aromatic N) is 2. The number of aromatic nitrogens is 2. The van der Waals surface area contributed by atoms with Crippen LogP contribution in [-0.4, -0.2) is 42.7 Å². The zero-order chi connectivity index (χ0) is 20.3. The zero-order valence-electron chi connectivity index (χ0n) is 15.9. The molecule has 9 heteroatoms. The lowest BCUT2D eigenvalue weighted by Crippen LogP contribution is -2.24. The molecule has 0 unspecified atom stereocenters. The Morgan fingerprint density at radius 3 is 2.57 bits per heavy atom. The quantitative estimate of drug-likeness (QED) is 0.331. The summed E-state index contributed by atoms with van der Waals surface area (Å²) in [6.45, 7) is 4.46. The summed E-state index contributed by atoms with van der Waals surface area (Å²) >= 11 is 3.07. The van der Waals surface area contributed by atoms with Crippen LogP contribution in [0.25, 0.3) is 10.2 Å². The number of sulfonamides is 1. The third-order valence-corrected chi connectivity index (χ3v) is 7.16. The van der Waals surface area contributed by atoms with Crippen LogP contribution >= 0.6 is 23.1 Å². The summed E-state index contributed by atoms with van der Waals surface area (Å²) < 4.78 is 24.6. The Bertz CT molecular complexity index is 1110. The molecule has 0 aliphatic carbocycles. The Morgan fingerprint density at radius 2 is 1.89 bits per heavy atom. The molecule has 0 aliphatic rings. The molecule has 1 aromatic carbocycles. The van der Waals surface area contributed by atoms with E-state index in [1.54, 1.807) is 29.8 Å². The van der Waals surface area contributed by atoms with Crippen molar-refractivity contribution in [3.05, 3.63) is 52.2 Å². The van der Waals surface area contributed by atoms with Crippen molar-refractivity contribution < 1.29 is 13.2 Å². The number of carbonyl (C=O) groups is 1. The molecule has 28 heavy (non-hydrogen) atoms. The van der Waals surface area contributed by atoms with Gasteiger partial charge in [-0.05, 0) is 31.4 Å². The molecule has 0 saturated carbocycles. The molecular weight excluding hydrogens is 414 g/mol. The van der Waals surface area contributed by atoms with Gasteiger partial charge in [0, 0.05) is 22.4 Å². The molecule has 0 radical (unpaired) electrons. The Labute approximate surface area is 172 Å². The number of aryl methyl sites for hydroxylation is 2. The monoisotopic (exact) mass is 435 g/mol. The van der Waals surface area contributed by atoms with E-state index in [9.17, 15) is 13.2 Å². The first-order chi connectivity index (χ1) is 13.2. The van der Waals surface area contributed by atoms with E-state index < -0.39 is 10.0 Å². The minimum absolute atomic E-state index is 0.0298. The highest BCUT2D eigenvalue weighted by atomic mass is 32.2. The first kappa shape index (κ1) is 20.9. The van der Waals surface area contributed by atoms with E-state index in [4.69, 9.17) is 0 Å². The molecule has 0 atom stereocenters. The highest BCUT2D eigenvalue weighted by molar-refractivity contribution is 8.00. The largest absolute Gasteiger partial charge is 0.293 e. The molecule has 3 rings (SSSR count). The average Bonchev–Trinajstić information content (AvgIpc) is 2.94. The molecule has 1 N–H and O–H groups in total. The van der Waals surface area contributed by atoms with Crippen LogP contribution in [0.15, 0.2) is 35.6 Å². The van der Waals surface area contributed by atoms with Crippen molar-refractivity contribution in [2.45, 2.75) is 25.3 Å². The number of Topliss-reactive ketones (excluding diaryl/α,β-unsaturated/α-hetero) is 1. The van der Waals surface area contributed by atoms with Crippen LogP contribution in [0.2, 0.25) is 0 Å². The molecule has 0 aliphatic heterocycles. The smallest absolute Gasteiger partial charge is 0.208 e. The van der Waals surface area contributed by atoms with E-state index in [2.05, 4.69) is 28.5 Å². The van der Waals surface area contributed by atoms with Crippen LogP contribution in [0.5, 0.6) is 0 Å². The molecule has 6 nitrogen and oxygen atoms in total. The van der Waals surface area contributed by atoms with Gasteiger partial charge in [-0.25, -0.2) is 23.1 Å².